The summed E-state index contributed by atoms with van der Waals surface area (Å²) in [6.07, 6.45) is -2.51. The lowest BCUT2D eigenvalue weighted by Gasteiger charge is -2.07. The molecule has 0 spiro atoms. The largest absolute Gasteiger partial charge is 0.433 e. The summed E-state index contributed by atoms with van der Waals surface area (Å²) in [6, 6.07) is 0.979. The van der Waals surface area contributed by atoms with E-state index in [1.807, 2.05) is 0 Å². The topological polar surface area (TPSA) is 30.2 Å². The second-order valence-corrected chi connectivity index (χ2v) is 4.87. The minimum absolute atomic E-state index is 0.0888. The van der Waals surface area contributed by atoms with Gasteiger partial charge in [-0.2, -0.15) is 18.3 Å². The molecule has 0 amide bonds. The third kappa shape index (κ3) is 1.75. The maximum absolute atomic E-state index is 12.7. The van der Waals surface area contributed by atoms with Crippen molar-refractivity contribution >= 4 is 17.2 Å². The Balaban J connectivity index is 2.26. The van der Waals surface area contributed by atoms with Gasteiger partial charge >= 0.3 is 6.18 Å². The fourth-order valence-corrected chi connectivity index (χ4v) is 2.23. The van der Waals surface area contributed by atoms with E-state index in [4.69, 9.17) is 11.6 Å². The van der Waals surface area contributed by atoms with Crippen molar-refractivity contribution in [2.75, 3.05) is 0 Å². The summed E-state index contributed by atoms with van der Waals surface area (Å²) < 4.78 is 39.4. The van der Waals surface area contributed by atoms with Gasteiger partial charge < -0.3 is 0 Å². The Morgan fingerprint density at radius 1 is 1.39 bits per heavy atom. The first-order chi connectivity index (χ1) is 8.38. The van der Waals surface area contributed by atoms with Crippen LogP contribution in [0.1, 0.15) is 35.8 Å². The quantitative estimate of drug-likeness (QED) is 0.796. The molecule has 96 valence electrons. The van der Waals surface area contributed by atoms with Crippen LogP contribution < -0.4 is 0 Å². The second-order valence-electron chi connectivity index (χ2n) is 4.49. The number of rotatable bonds is 1. The van der Waals surface area contributed by atoms with Crippen molar-refractivity contribution in [1.82, 2.24) is 14.6 Å². The number of hydrogen-bond donors (Lipinski definition) is 0. The van der Waals surface area contributed by atoms with Gasteiger partial charge in [0.15, 0.2) is 5.65 Å². The van der Waals surface area contributed by atoms with Crippen LogP contribution in [0.5, 0.6) is 0 Å². The van der Waals surface area contributed by atoms with Crippen LogP contribution in [0.15, 0.2) is 6.07 Å². The molecule has 0 saturated heterocycles. The molecule has 1 aliphatic carbocycles. The first kappa shape index (κ1) is 11.8. The molecule has 7 heteroatoms. The number of halogens is 4. The van der Waals surface area contributed by atoms with Crippen molar-refractivity contribution < 1.29 is 13.2 Å². The van der Waals surface area contributed by atoms with Gasteiger partial charge in [-0.3, -0.25) is 0 Å². The van der Waals surface area contributed by atoms with Crippen LogP contribution in [0.25, 0.3) is 5.65 Å². The fraction of sp³-hybridized carbons (Fsp3) is 0.455. The summed E-state index contributed by atoms with van der Waals surface area (Å²) in [5, 5.41) is 4.49. The van der Waals surface area contributed by atoms with E-state index in [1.54, 1.807) is 6.92 Å². The molecular formula is C11H9ClF3N3. The minimum atomic E-state index is -4.47. The predicted octanol–water partition coefficient (Wildman–Crippen LogP) is 3.59. The number of nitrogens with zero attached hydrogens (tertiary/aromatic N) is 3. The van der Waals surface area contributed by atoms with Crippen LogP contribution in [-0.2, 0) is 6.18 Å². The summed E-state index contributed by atoms with van der Waals surface area (Å²) in [5.74, 6) is 0.271. The standard InChI is InChI=1S/C11H9ClF3N3/c1-5-4-7(11(13,14)15)16-10-8(12)9(6-2-3-6)17-18(5)10/h4,6H,2-3H2,1H3. The highest BCUT2D eigenvalue weighted by Crippen LogP contribution is 2.43. The molecule has 0 aromatic carbocycles. The number of aromatic nitrogens is 3. The molecule has 0 aliphatic heterocycles. The first-order valence-corrected chi connectivity index (χ1v) is 5.88. The summed E-state index contributed by atoms with van der Waals surface area (Å²) in [5.41, 5.74) is 0.190. The van der Waals surface area contributed by atoms with Gasteiger partial charge in [-0.25, -0.2) is 9.50 Å². The summed E-state index contributed by atoms with van der Waals surface area (Å²) in [4.78, 5) is 3.58. The molecule has 0 radical (unpaired) electrons. The van der Waals surface area contributed by atoms with Gasteiger partial charge in [-0.15, -0.1) is 0 Å². The monoisotopic (exact) mass is 275 g/mol. The first-order valence-electron chi connectivity index (χ1n) is 5.51. The van der Waals surface area contributed by atoms with Gasteiger partial charge in [-0.05, 0) is 25.8 Å². The minimum Gasteiger partial charge on any atom is -0.223 e. The maximum Gasteiger partial charge on any atom is 0.433 e. The lowest BCUT2D eigenvalue weighted by molar-refractivity contribution is -0.141. The summed E-state index contributed by atoms with van der Waals surface area (Å²) in [6.45, 7) is 1.56. The molecule has 0 N–H and O–H groups in total. The second kappa shape index (κ2) is 3.60. The number of alkyl halides is 3. The van der Waals surface area contributed by atoms with Crippen molar-refractivity contribution in [3.05, 3.63) is 28.2 Å². The third-order valence-corrected chi connectivity index (χ3v) is 3.35. The predicted molar refractivity (Wildman–Crippen MR) is 59.7 cm³/mol. The van der Waals surface area contributed by atoms with E-state index in [0.29, 0.717) is 11.4 Å². The molecule has 1 aliphatic rings. The smallest absolute Gasteiger partial charge is 0.223 e. The summed E-state index contributed by atoms with van der Waals surface area (Å²) >= 11 is 6.07. The highest BCUT2D eigenvalue weighted by atomic mass is 35.5. The molecule has 3 nitrogen and oxygen atoms in total. The van der Waals surface area contributed by atoms with Crippen molar-refractivity contribution in [3.63, 3.8) is 0 Å². The zero-order chi connectivity index (χ0) is 13.1. The Bertz CT molecular complexity index is 628. The molecular weight excluding hydrogens is 267 g/mol. The Kier molecular flexibility index (Phi) is 2.35. The molecule has 2 aromatic heterocycles. The number of aryl methyl sites for hydroxylation is 1. The fourth-order valence-electron chi connectivity index (χ4n) is 1.92. The van der Waals surface area contributed by atoms with Gasteiger partial charge in [-0.1, -0.05) is 11.6 Å². The molecule has 2 aromatic rings. The molecule has 3 rings (SSSR count). The van der Waals surface area contributed by atoms with Gasteiger partial charge in [0.1, 0.15) is 10.7 Å². The molecule has 18 heavy (non-hydrogen) atoms. The van der Waals surface area contributed by atoms with E-state index in [0.717, 1.165) is 18.9 Å². The highest BCUT2D eigenvalue weighted by molar-refractivity contribution is 6.34. The molecule has 1 saturated carbocycles. The van der Waals surface area contributed by atoms with Gasteiger partial charge in [0.05, 0.1) is 5.69 Å². The number of fused-ring (bicyclic) bond motifs is 1. The zero-order valence-corrected chi connectivity index (χ0v) is 10.2. The van der Waals surface area contributed by atoms with E-state index < -0.39 is 11.9 Å². The van der Waals surface area contributed by atoms with Gasteiger partial charge in [0, 0.05) is 11.6 Å². The van der Waals surface area contributed by atoms with Crippen LogP contribution in [-0.4, -0.2) is 14.6 Å². The van der Waals surface area contributed by atoms with Crippen LogP contribution in [0.2, 0.25) is 5.02 Å². The van der Waals surface area contributed by atoms with Crippen molar-refractivity contribution in [3.8, 4) is 0 Å². The van der Waals surface area contributed by atoms with Crippen molar-refractivity contribution in [1.29, 1.82) is 0 Å². The highest BCUT2D eigenvalue weighted by Gasteiger charge is 2.35. The Morgan fingerprint density at radius 3 is 2.61 bits per heavy atom. The van der Waals surface area contributed by atoms with Crippen molar-refractivity contribution in [2.24, 2.45) is 0 Å². The van der Waals surface area contributed by atoms with E-state index in [-0.39, 0.29) is 16.6 Å². The molecule has 0 unspecified atom stereocenters. The zero-order valence-electron chi connectivity index (χ0n) is 9.42. The Hall–Kier alpha value is -1.30. The van der Waals surface area contributed by atoms with Crippen molar-refractivity contribution in [2.45, 2.75) is 31.9 Å². The lowest BCUT2D eigenvalue weighted by Crippen LogP contribution is -2.10. The molecule has 0 atom stereocenters. The molecule has 2 heterocycles. The van der Waals surface area contributed by atoms with E-state index in [1.165, 1.54) is 4.52 Å². The van der Waals surface area contributed by atoms with Gasteiger partial charge in [0.25, 0.3) is 0 Å². The van der Waals surface area contributed by atoms with E-state index >= 15 is 0 Å². The number of hydrogen-bond acceptors (Lipinski definition) is 2. The SMILES string of the molecule is Cc1cc(C(F)(F)F)nc2c(Cl)c(C3CC3)nn12. The lowest BCUT2D eigenvalue weighted by atomic mass is 10.3. The van der Waals surface area contributed by atoms with Crippen LogP contribution in [0.4, 0.5) is 13.2 Å². The Labute approximate surface area is 106 Å². The van der Waals surface area contributed by atoms with Gasteiger partial charge in [0.2, 0.25) is 0 Å². The van der Waals surface area contributed by atoms with E-state index in [2.05, 4.69) is 10.1 Å². The maximum atomic E-state index is 12.7. The third-order valence-electron chi connectivity index (χ3n) is 2.99. The van der Waals surface area contributed by atoms with Crippen LogP contribution in [0.3, 0.4) is 0 Å². The average molecular weight is 276 g/mol. The normalized spacial score (nSPS) is 16.5. The Morgan fingerprint density at radius 2 is 2.06 bits per heavy atom. The van der Waals surface area contributed by atoms with E-state index in [9.17, 15) is 13.2 Å². The van der Waals surface area contributed by atoms with Crippen LogP contribution in [0, 0.1) is 6.92 Å². The molecule has 0 bridgehead atoms. The average Bonchev–Trinajstić information content (AvgIpc) is 3.04. The van der Waals surface area contributed by atoms with Crippen LogP contribution >= 0.6 is 11.6 Å². The summed E-state index contributed by atoms with van der Waals surface area (Å²) in [7, 11) is 0. The molecule has 1 fully saturated rings.